The molecule has 0 radical (unpaired) electrons. The Morgan fingerprint density at radius 3 is 3.00 bits per heavy atom. The molecule has 0 spiro atoms. The molecule has 20 heavy (non-hydrogen) atoms. The van der Waals surface area contributed by atoms with Gasteiger partial charge in [-0.25, -0.2) is 4.79 Å². The molecule has 1 aromatic rings. The number of hydrogen-bond donors (Lipinski definition) is 1. The van der Waals surface area contributed by atoms with E-state index in [0.717, 1.165) is 24.2 Å². The Kier molecular flexibility index (Phi) is 4.49. The molecular formula is C15H22N2O3. The molecule has 5 nitrogen and oxygen atoms in total. The van der Waals surface area contributed by atoms with Crippen molar-refractivity contribution >= 4 is 6.09 Å². The molecule has 1 atom stereocenters. The first-order valence-corrected chi connectivity index (χ1v) is 6.86. The maximum absolute atomic E-state index is 12.0. The van der Waals surface area contributed by atoms with Crippen LogP contribution in [0.4, 0.5) is 4.79 Å². The smallest absolute Gasteiger partial charge is 0.410 e. The Morgan fingerprint density at radius 1 is 1.50 bits per heavy atom. The highest BCUT2D eigenvalue weighted by Gasteiger charge is 2.42. The minimum Gasteiger partial charge on any atom is -0.497 e. The van der Waals surface area contributed by atoms with Crippen LogP contribution in [0.15, 0.2) is 24.3 Å². The largest absolute Gasteiger partial charge is 0.497 e. The van der Waals surface area contributed by atoms with Gasteiger partial charge in [-0.05, 0) is 44.0 Å². The van der Waals surface area contributed by atoms with Crippen molar-refractivity contribution < 1.29 is 14.3 Å². The van der Waals surface area contributed by atoms with Gasteiger partial charge in [-0.15, -0.1) is 0 Å². The number of methoxy groups -OCH3 is 1. The molecule has 0 saturated carbocycles. The third kappa shape index (κ3) is 3.04. The molecule has 2 rings (SSSR count). The highest BCUT2D eigenvalue weighted by atomic mass is 16.6. The highest BCUT2D eigenvalue weighted by molar-refractivity contribution is 5.71. The van der Waals surface area contributed by atoms with E-state index in [0.29, 0.717) is 19.7 Å². The van der Waals surface area contributed by atoms with Crippen molar-refractivity contribution in [3.05, 3.63) is 29.8 Å². The summed E-state index contributed by atoms with van der Waals surface area (Å²) in [4.78, 5) is 13.7. The predicted octanol–water partition coefficient (Wildman–Crippen LogP) is 2.14. The fourth-order valence-electron chi connectivity index (χ4n) is 2.49. The molecule has 1 aliphatic heterocycles. The van der Waals surface area contributed by atoms with Gasteiger partial charge in [0, 0.05) is 6.54 Å². The average Bonchev–Trinajstić information content (AvgIpc) is 2.74. The predicted molar refractivity (Wildman–Crippen MR) is 76.6 cm³/mol. The zero-order valence-corrected chi connectivity index (χ0v) is 12.1. The summed E-state index contributed by atoms with van der Waals surface area (Å²) in [5.41, 5.74) is 6.33. The maximum Gasteiger partial charge on any atom is 0.410 e. The Labute approximate surface area is 119 Å². The molecule has 110 valence electrons. The standard InChI is InChI=1S/C15H22N2O3/c1-15(7-4-8-16)11-20-14(18)17(15)10-12-5-3-6-13(9-12)19-2/h3,5-6,9H,4,7-8,10-11,16H2,1-2H3. The van der Waals surface area contributed by atoms with Crippen LogP contribution >= 0.6 is 0 Å². The van der Waals surface area contributed by atoms with E-state index in [-0.39, 0.29) is 11.6 Å². The lowest BCUT2D eigenvalue weighted by atomic mass is 9.95. The number of benzene rings is 1. The van der Waals surface area contributed by atoms with Crippen LogP contribution < -0.4 is 10.5 Å². The van der Waals surface area contributed by atoms with Crippen LogP contribution in [0.25, 0.3) is 0 Å². The van der Waals surface area contributed by atoms with Gasteiger partial charge in [-0.2, -0.15) is 0 Å². The number of ether oxygens (including phenoxy) is 2. The number of rotatable bonds is 6. The number of cyclic esters (lactones) is 1. The van der Waals surface area contributed by atoms with E-state index in [1.54, 1.807) is 12.0 Å². The van der Waals surface area contributed by atoms with Gasteiger partial charge in [0.1, 0.15) is 12.4 Å². The normalized spacial score (nSPS) is 21.9. The van der Waals surface area contributed by atoms with E-state index in [1.807, 2.05) is 31.2 Å². The fourth-order valence-corrected chi connectivity index (χ4v) is 2.49. The van der Waals surface area contributed by atoms with Crippen molar-refractivity contribution in [1.82, 2.24) is 4.90 Å². The van der Waals surface area contributed by atoms with Gasteiger partial charge in [0.05, 0.1) is 12.6 Å². The lowest BCUT2D eigenvalue weighted by Gasteiger charge is -2.32. The Bertz CT molecular complexity index is 478. The van der Waals surface area contributed by atoms with E-state index >= 15 is 0 Å². The maximum atomic E-state index is 12.0. The molecule has 1 aromatic carbocycles. The number of nitrogens with two attached hydrogens (primary N) is 1. The second-order valence-electron chi connectivity index (χ2n) is 5.38. The highest BCUT2D eigenvalue weighted by Crippen LogP contribution is 2.30. The van der Waals surface area contributed by atoms with E-state index in [2.05, 4.69) is 0 Å². The first-order valence-electron chi connectivity index (χ1n) is 6.86. The lowest BCUT2D eigenvalue weighted by Crippen LogP contribution is -2.44. The molecule has 1 fully saturated rings. The van der Waals surface area contributed by atoms with Crippen molar-refractivity contribution in [2.24, 2.45) is 5.73 Å². The summed E-state index contributed by atoms with van der Waals surface area (Å²) < 4.78 is 10.4. The third-order valence-corrected chi connectivity index (χ3v) is 3.77. The molecule has 2 N–H and O–H groups in total. The average molecular weight is 278 g/mol. The minimum absolute atomic E-state index is 0.257. The summed E-state index contributed by atoms with van der Waals surface area (Å²) in [5, 5.41) is 0. The zero-order valence-electron chi connectivity index (χ0n) is 12.1. The van der Waals surface area contributed by atoms with Crippen LogP contribution in [0, 0.1) is 0 Å². The summed E-state index contributed by atoms with van der Waals surface area (Å²) in [5.74, 6) is 0.790. The molecule has 0 bridgehead atoms. The third-order valence-electron chi connectivity index (χ3n) is 3.77. The first-order chi connectivity index (χ1) is 9.59. The molecule has 0 aromatic heterocycles. The van der Waals surface area contributed by atoms with Crippen LogP contribution in [0.2, 0.25) is 0 Å². The van der Waals surface area contributed by atoms with Crippen LogP contribution in [0.3, 0.4) is 0 Å². The quantitative estimate of drug-likeness (QED) is 0.866. The summed E-state index contributed by atoms with van der Waals surface area (Å²) >= 11 is 0. The van der Waals surface area contributed by atoms with Gasteiger partial charge >= 0.3 is 6.09 Å². The Hall–Kier alpha value is -1.75. The number of carbonyl (C=O) groups excluding carboxylic acids is 1. The molecule has 1 unspecified atom stereocenters. The molecule has 0 aliphatic carbocycles. The SMILES string of the molecule is COc1cccc(CN2C(=O)OCC2(C)CCCN)c1. The molecule has 5 heteroatoms. The lowest BCUT2D eigenvalue weighted by molar-refractivity contribution is 0.147. The van der Waals surface area contributed by atoms with Gasteiger partial charge < -0.3 is 15.2 Å². The summed E-state index contributed by atoms with van der Waals surface area (Å²) in [6.45, 7) is 3.62. The van der Waals surface area contributed by atoms with E-state index < -0.39 is 0 Å². The van der Waals surface area contributed by atoms with Crippen LogP contribution in [0.5, 0.6) is 5.75 Å². The molecule has 1 amide bonds. The molecular weight excluding hydrogens is 256 g/mol. The first kappa shape index (κ1) is 14.7. The minimum atomic E-state index is -0.278. The van der Waals surface area contributed by atoms with E-state index in [9.17, 15) is 4.79 Å². The second kappa shape index (κ2) is 6.13. The van der Waals surface area contributed by atoms with Gasteiger partial charge in [-0.3, -0.25) is 4.90 Å². The Morgan fingerprint density at radius 2 is 2.30 bits per heavy atom. The van der Waals surface area contributed by atoms with Gasteiger partial charge in [0.15, 0.2) is 0 Å². The number of hydrogen-bond acceptors (Lipinski definition) is 4. The summed E-state index contributed by atoms with van der Waals surface area (Å²) in [6.07, 6.45) is 1.47. The fraction of sp³-hybridized carbons (Fsp3) is 0.533. The molecule has 1 saturated heterocycles. The number of nitrogens with zero attached hydrogens (tertiary/aromatic N) is 1. The van der Waals surface area contributed by atoms with Gasteiger partial charge in [-0.1, -0.05) is 12.1 Å². The van der Waals surface area contributed by atoms with Gasteiger partial charge in [0.2, 0.25) is 0 Å². The summed E-state index contributed by atoms with van der Waals surface area (Å²) in [6, 6.07) is 7.73. The van der Waals surface area contributed by atoms with Gasteiger partial charge in [0.25, 0.3) is 0 Å². The topological polar surface area (TPSA) is 64.8 Å². The van der Waals surface area contributed by atoms with E-state index in [1.165, 1.54) is 0 Å². The molecule has 1 aliphatic rings. The van der Waals surface area contributed by atoms with Crippen molar-refractivity contribution in [1.29, 1.82) is 0 Å². The Balaban J connectivity index is 2.13. The van der Waals surface area contributed by atoms with Crippen molar-refractivity contribution in [2.75, 3.05) is 20.3 Å². The van der Waals surface area contributed by atoms with Crippen molar-refractivity contribution in [3.8, 4) is 5.75 Å². The van der Waals surface area contributed by atoms with Crippen LogP contribution in [-0.2, 0) is 11.3 Å². The summed E-state index contributed by atoms with van der Waals surface area (Å²) in [7, 11) is 1.63. The van der Waals surface area contributed by atoms with Crippen molar-refractivity contribution in [3.63, 3.8) is 0 Å². The number of carbonyl (C=O) groups is 1. The molecule has 1 heterocycles. The van der Waals surface area contributed by atoms with Crippen molar-refractivity contribution in [2.45, 2.75) is 31.8 Å². The van der Waals surface area contributed by atoms with Crippen LogP contribution in [-0.4, -0.2) is 36.8 Å². The second-order valence-corrected chi connectivity index (χ2v) is 5.38. The zero-order chi connectivity index (χ0) is 14.6. The van der Waals surface area contributed by atoms with Crippen LogP contribution in [0.1, 0.15) is 25.3 Å². The van der Waals surface area contributed by atoms with E-state index in [4.69, 9.17) is 15.2 Å². The monoisotopic (exact) mass is 278 g/mol. The number of amides is 1.